The molecular formula is C17H17N5O2. The molecule has 3 aromatic rings. The predicted molar refractivity (Wildman–Crippen MR) is 90.4 cm³/mol. The Kier molecular flexibility index (Phi) is 3.99. The van der Waals surface area contributed by atoms with Crippen LogP contribution in [0.25, 0.3) is 11.4 Å². The van der Waals surface area contributed by atoms with Gasteiger partial charge in [-0.25, -0.2) is 14.8 Å². The van der Waals surface area contributed by atoms with Crippen molar-refractivity contribution in [3.8, 4) is 11.4 Å². The Bertz CT molecular complexity index is 897. The van der Waals surface area contributed by atoms with Crippen LogP contribution in [0.1, 0.15) is 21.6 Å². The van der Waals surface area contributed by atoms with Crippen LogP contribution < -0.4 is 5.32 Å². The first-order valence-corrected chi connectivity index (χ1v) is 7.38. The molecule has 0 aliphatic carbocycles. The summed E-state index contributed by atoms with van der Waals surface area (Å²) in [5.41, 5.74) is 4.33. The average molecular weight is 323 g/mol. The normalized spacial score (nSPS) is 10.6. The molecule has 0 aliphatic rings. The van der Waals surface area contributed by atoms with Crippen LogP contribution in [0.15, 0.2) is 36.5 Å². The van der Waals surface area contributed by atoms with Gasteiger partial charge in [-0.15, -0.1) is 0 Å². The molecule has 7 nitrogen and oxygen atoms in total. The quantitative estimate of drug-likeness (QED) is 0.767. The van der Waals surface area contributed by atoms with Crippen molar-refractivity contribution < 1.29 is 9.90 Å². The number of rotatable bonds is 4. The number of aromatic carboxylic acids is 1. The van der Waals surface area contributed by atoms with E-state index in [0.29, 0.717) is 17.3 Å². The topological polar surface area (TPSA) is 92.9 Å². The van der Waals surface area contributed by atoms with Gasteiger partial charge in [-0.05, 0) is 43.2 Å². The number of hydrogen-bond acceptors (Lipinski definition) is 5. The maximum Gasteiger partial charge on any atom is 0.354 e. The third-order valence-corrected chi connectivity index (χ3v) is 3.49. The standard InChI is InChI=1S/C17H17N5O2/c1-10-6-11(2)8-12(7-10)19-17-18-5-4-13(20-17)14-9-15(16(23)24)22(3)21-14/h4-9H,1-3H3,(H,23,24)(H,18,19,20). The van der Waals surface area contributed by atoms with Gasteiger partial charge in [-0.3, -0.25) is 4.68 Å². The van der Waals surface area contributed by atoms with E-state index in [4.69, 9.17) is 5.11 Å². The molecule has 7 heteroatoms. The molecule has 0 amide bonds. The second kappa shape index (κ2) is 6.11. The van der Waals surface area contributed by atoms with E-state index in [-0.39, 0.29) is 5.69 Å². The molecule has 0 aliphatic heterocycles. The predicted octanol–water partition coefficient (Wildman–Crippen LogP) is 2.94. The van der Waals surface area contributed by atoms with E-state index in [1.807, 2.05) is 26.0 Å². The molecule has 24 heavy (non-hydrogen) atoms. The number of hydrogen-bond donors (Lipinski definition) is 2. The zero-order chi connectivity index (χ0) is 17.3. The number of anilines is 2. The van der Waals surface area contributed by atoms with Crippen LogP contribution in [0.4, 0.5) is 11.6 Å². The molecule has 0 radical (unpaired) electrons. The highest BCUT2D eigenvalue weighted by Crippen LogP contribution is 2.20. The van der Waals surface area contributed by atoms with Gasteiger partial charge in [0.25, 0.3) is 0 Å². The first kappa shape index (κ1) is 15.7. The number of aryl methyl sites for hydroxylation is 3. The maximum atomic E-state index is 11.1. The summed E-state index contributed by atoms with van der Waals surface area (Å²) in [6.45, 7) is 4.05. The van der Waals surface area contributed by atoms with Gasteiger partial charge in [-0.1, -0.05) is 6.07 Å². The van der Waals surface area contributed by atoms with E-state index >= 15 is 0 Å². The molecule has 2 heterocycles. The van der Waals surface area contributed by atoms with Crippen LogP contribution >= 0.6 is 0 Å². The van der Waals surface area contributed by atoms with Gasteiger partial charge >= 0.3 is 5.97 Å². The van der Waals surface area contributed by atoms with Crippen molar-refractivity contribution in [2.75, 3.05) is 5.32 Å². The Morgan fingerprint density at radius 2 is 1.83 bits per heavy atom. The molecule has 2 aromatic heterocycles. The maximum absolute atomic E-state index is 11.1. The lowest BCUT2D eigenvalue weighted by molar-refractivity contribution is 0.0685. The minimum Gasteiger partial charge on any atom is -0.477 e. The Hall–Kier alpha value is -3.22. The van der Waals surface area contributed by atoms with Crippen LogP contribution in [0.3, 0.4) is 0 Å². The number of carboxylic acids is 1. The van der Waals surface area contributed by atoms with Crippen LogP contribution in [-0.2, 0) is 7.05 Å². The largest absolute Gasteiger partial charge is 0.477 e. The van der Waals surface area contributed by atoms with Gasteiger partial charge in [-0.2, -0.15) is 5.10 Å². The van der Waals surface area contributed by atoms with E-state index < -0.39 is 5.97 Å². The van der Waals surface area contributed by atoms with Crippen molar-refractivity contribution in [1.29, 1.82) is 0 Å². The zero-order valence-corrected chi connectivity index (χ0v) is 13.6. The monoisotopic (exact) mass is 323 g/mol. The summed E-state index contributed by atoms with van der Waals surface area (Å²) in [5, 5.41) is 16.5. The molecule has 2 N–H and O–H groups in total. The van der Waals surface area contributed by atoms with Gasteiger partial charge in [0, 0.05) is 25.0 Å². The van der Waals surface area contributed by atoms with Crippen LogP contribution in [0, 0.1) is 13.8 Å². The summed E-state index contributed by atoms with van der Waals surface area (Å²) >= 11 is 0. The summed E-state index contributed by atoms with van der Waals surface area (Å²) in [6.07, 6.45) is 1.61. The van der Waals surface area contributed by atoms with E-state index in [9.17, 15) is 4.79 Å². The van der Waals surface area contributed by atoms with Crippen molar-refractivity contribution in [3.05, 3.63) is 53.3 Å². The fourth-order valence-electron chi connectivity index (χ4n) is 2.53. The van der Waals surface area contributed by atoms with Gasteiger partial charge in [0.2, 0.25) is 5.95 Å². The third kappa shape index (κ3) is 3.24. The van der Waals surface area contributed by atoms with Crippen molar-refractivity contribution >= 4 is 17.6 Å². The molecule has 0 fully saturated rings. The SMILES string of the molecule is Cc1cc(C)cc(Nc2nccc(-c3cc(C(=O)O)n(C)n3)n2)c1. The summed E-state index contributed by atoms with van der Waals surface area (Å²) in [5.74, 6) is -0.598. The van der Waals surface area contributed by atoms with Crippen molar-refractivity contribution in [2.45, 2.75) is 13.8 Å². The molecule has 0 saturated carbocycles. The molecule has 0 spiro atoms. The highest BCUT2D eigenvalue weighted by molar-refractivity contribution is 5.87. The smallest absolute Gasteiger partial charge is 0.354 e. The Labute approximate surface area is 139 Å². The summed E-state index contributed by atoms with van der Waals surface area (Å²) in [6, 6.07) is 9.29. The third-order valence-electron chi connectivity index (χ3n) is 3.49. The first-order valence-electron chi connectivity index (χ1n) is 7.38. The number of aromatic nitrogens is 4. The Morgan fingerprint density at radius 3 is 2.46 bits per heavy atom. The molecule has 122 valence electrons. The summed E-state index contributed by atoms with van der Waals surface area (Å²) < 4.78 is 1.32. The van der Waals surface area contributed by atoms with E-state index in [1.54, 1.807) is 19.3 Å². The number of carbonyl (C=O) groups is 1. The molecule has 0 unspecified atom stereocenters. The first-order chi connectivity index (χ1) is 11.4. The van der Waals surface area contributed by atoms with E-state index in [1.165, 1.54) is 10.7 Å². The second-order valence-corrected chi connectivity index (χ2v) is 5.61. The van der Waals surface area contributed by atoms with E-state index in [2.05, 4.69) is 26.4 Å². The van der Waals surface area contributed by atoms with Crippen LogP contribution in [-0.4, -0.2) is 30.8 Å². The number of benzene rings is 1. The van der Waals surface area contributed by atoms with Crippen LogP contribution in [0.5, 0.6) is 0 Å². The molecule has 0 bridgehead atoms. The fraction of sp³-hybridized carbons (Fsp3) is 0.176. The molecule has 0 atom stereocenters. The van der Waals surface area contributed by atoms with Crippen molar-refractivity contribution in [3.63, 3.8) is 0 Å². The van der Waals surface area contributed by atoms with Crippen LogP contribution in [0.2, 0.25) is 0 Å². The van der Waals surface area contributed by atoms with Gasteiger partial charge in [0.15, 0.2) is 0 Å². The lowest BCUT2D eigenvalue weighted by Crippen LogP contribution is -2.04. The lowest BCUT2D eigenvalue weighted by Gasteiger charge is -2.07. The molecule has 0 saturated heterocycles. The molecular weight excluding hydrogens is 306 g/mol. The summed E-state index contributed by atoms with van der Waals surface area (Å²) in [7, 11) is 1.59. The average Bonchev–Trinajstić information content (AvgIpc) is 2.89. The van der Waals surface area contributed by atoms with E-state index in [0.717, 1.165) is 16.8 Å². The summed E-state index contributed by atoms with van der Waals surface area (Å²) in [4.78, 5) is 19.8. The molecule has 1 aromatic carbocycles. The lowest BCUT2D eigenvalue weighted by atomic mass is 10.1. The van der Waals surface area contributed by atoms with Crippen molar-refractivity contribution in [1.82, 2.24) is 19.7 Å². The number of nitrogens with one attached hydrogen (secondary N) is 1. The highest BCUT2D eigenvalue weighted by atomic mass is 16.4. The number of nitrogens with zero attached hydrogens (tertiary/aromatic N) is 4. The Morgan fingerprint density at radius 1 is 1.12 bits per heavy atom. The zero-order valence-electron chi connectivity index (χ0n) is 13.6. The second-order valence-electron chi connectivity index (χ2n) is 5.61. The minimum atomic E-state index is -1.03. The molecule has 3 rings (SSSR count). The van der Waals surface area contributed by atoms with Gasteiger partial charge in [0.1, 0.15) is 11.4 Å². The Balaban J connectivity index is 1.91. The van der Waals surface area contributed by atoms with Crippen molar-refractivity contribution in [2.24, 2.45) is 7.05 Å². The highest BCUT2D eigenvalue weighted by Gasteiger charge is 2.14. The number of carboxylic acid groups (broad SMARTS) is 1. The minimum absolute atomic E-state index is 0.104. The fourth-order valence-corrected chi connectivity index (χ4v) is 2.53. The van der Waals surface area contributed by atoms with Gasteiger partial charge < -0.3 is 10.4 Å². The van der Waals surface area contributed by atoms with Gasteiger partial charge in [0.05, 0.1) is 5.69 Å².